The van der Waals surface area contributed by atoms with Crippen molar-refractivity contribution in [2.45, 2.75) is 27.7 Å². The number of aryl methyl sites for hydroxylation is 4. The zero-order chi connectivity index (χ0) is 24.4. The van der Waals surface area contributed by atoms with Crippen LogP contribution in [0.2, 0.25) is 0 Å². The summed E-state index contributed by atoms with van der Waals surface area (Å²) in [6.07, 6.45) is 7.33. The summed E-state index contributed by atoms with van der Waals surface area (Å²) in [5.74, 6) is 3.10. The van der Waals surface area contributed by atoms with Crippen LogP contribution in [0.15, 0.2) is 49.1 Å². The normalized spacial score (nSPS) is 10.1. The number of rotatable bonds is 4. The van der Waals surface area contributed by atoms with E-state index in [2.05, 4.69) is 20.2 Å². The van der Waals surface area contributed by atoms with Crippen LogP contribution in [-0.4, -0.2) is 43.7 Å². The van der Waals surface area contributed by atoms with E-state index in [9.17, 15) is 0 Å². The molecule has 0 radical (unpaired) electrons. The van der Waals surface area contributed by atoms with Crippen LogP contribution in [0.4, 0.5) is 0 Å². The van der Waals surface area contributed by atoms with E-state index in [0.29, 0.717) is 0 Å². The van der Waals surface area contributed by atoms with E-state index in [4.69, 9.17) is 28.7 Å². The van der Waals surface area contributed by atoms with E-state index < -0.39 is 15.4 Å². The Kier molecular flexibility index (Phi) is 10.8. The van der Waals surface area contributed by atoms with Gasteiger partial charge in [0, 0.05) is 36.9 Å². The SMILES string of the molecule is COc1ccnc(-n2cc(C)c(C)n2)c1.COc1ccnc(-n2cc(C)c(C)n2)c1.[Cl][Os][Cl]. The van der Waals surface area contributed by atoms with E-state index in [1.807, 2.05) is 64.4 Å². The Labute approximate surface area is 209 Å². The van der Waals surface area contributed by atoms with Gasteiger partial charge in [0.15, 0.2) is 11.6 Å². The maximum absolute atomic E-state index is 5.13. The van der Waals surface area contributed by atoms with Gasteiger partial charge in [-0.2, -0.15) is 10.2 Å². The third-order valence-electron chi connectivity index (χ3n) is 4.66. The van der Waals surface area contributed by atoms with Crippen LogP contribution in [0.1, 0.15) is 22.5 Å². The summed E-state index contributed by atoms with van der Waals surface area (Å²) in [5.41, 5.74) is 4.33. The first-order valence-electron chi connectivity index (χ1n) is 9.74. The fraction of sp³-hybridized carbons (Fsp3) is 0.273. The molecule has 0 fully saturated rings. The first kappa shape index (κ1) is 26.8. The van der Waals surface area contributed by atoms with Gasteiger partial charge >= 0.3 is 34.7 Å². The Bertz CT molecular complexity index is 1040. The van der Waals surface area contributed by atoms with E-state index in [0.717, 1.165) is 45.6 Å². The zero-order valence-corrected chi connectivity index (χ0v) is 23.3. The van der Waals surface area contributed by atoms with E-state index in [1.165, 1.54) is 0 Å². The molecular weight excluding hydrogens is 641 g/mol. The molecule has 0 N–H and O–H groups in total. The fourth-order valence-corrected chi connectivity index (χ4v) is 2.63. The van der Waals surface area contributed by atoms with Crippen molar-refractivity contribution in [3.05, 3.63) is 71.6 Å². The molecule has 4 rings (SSSR count). The molecule has 4 heterocycles. The number of aromatic nitrogens is 6. The predicted octanol–water partition coefficient (Wildman–Crippen LogP) is 5.16. The van der Waals surface area contributed by atoms with Crippen LogP contribution in [0.3, 0.4) is 0 Å². The molecule has 11 heteroatoms. The van der Waals surface area contributed by atoms with Gasteiger partial charge in [-0.3, -0.25) is 0 Å². The molecule has 0 aliphatic rings. The summed E-state index contributed by atoms with van der Waals surface area (Å²) in [6.45, 7) is 8.01. The molecule has 0 unspecified atom stereocenters. The minimum atomic E-state index is -0.639. The molecule has 0 atom stereocenters. The molecule has 0 aliphatic carbocycles. The first-order chi connectivity index (χ1) is 15.8. The van der Waals surface area contributed by atoms with E-state index in [1.54, 1.807) is 36.0 Å². The van der Waals surface area contributed by atoms with Crippen LogP contribution in [-0.2, 0) is 15.4 Å². The molecule has 0 aliphatic heterocycles. The van der Waals surface area contributed by atoms with E-state index >= 15 is 0 Å². The summed E-state index contributed by atoms with van der Waals surface area (Å²) in [5, 5.41) is 8.71. The van der Waals surface area contributed by atoms with Crippen molar-refractivity contribution >= 4 is 19.3 Å². The number of methoxy groups -OCH3 is 2. The second-order valence-corrected chi connectivity index (χ2v) is 10.5. The van der Waals surface area contributed by atoms with Crippen LogP contribution in [0.25, 0.3) is 11.6 Å². The van der Waals surface area contributed by atoms with Gasteiger partial charge in [-0.25, -0.2) is 19.3 Å². The fourth-order valence-electron chi connectivity index (χ4n) is 2.63. The molecule has 0 spiro atoms. The maximum atomic E-state index is 5.13. The molecule has 4 aromatic heterocycles. The second kappa shape index (κ2) is 13.3. The molecule has 178 valence electrons. The van der Waals surface area contributed by atoms with Gasteiger partial charge in [0.05, 0.1) is 25.6 Å². The third-order valence-corrected chi connectivity index (χ3v) is 4.66. The molecule has 0 amide bonds. The monoisotopic (exact) mass is 668 g/mol. The Morgan fingerprint density at radius 3 is 1.36 bits per heavy atom. The third kappa shape index (κ3) is 7.81. The molecular formula is C22H26Cl2N6O2Os. The Morgan fingerprint density at radius 1 is 0.727 bits per heavy atom. The van der Waals surface area contributed by atoms with Gasteiger partial charge in [0.25, 0.3) is 0 Å². The van der Waals surface area contributed by atoms with Crippen molar-refractivity contribution in [3.8, 4) is 23.1 Å². The summed E-state index contributed by atoms with van der Waals surface area (Å²) in [6, 6.07) is 7.33. The van der Waals surface area contributed by atoms with Crippen molar-refractivity contribution in [3.63, 3.8) is 0 Å². The number of ether oxygens (including phenoxy) is 2. The minimum absolute atomic E-state index is 0.639. The Hall–Kier alpha value is -2.46. The summed E-state index contributed by atoms with van der Waals surface area (Å²) in [7, 11) is 13.1. The Morgan fingerprint density at radius 2 is 1.09 bits per heavy atom. The Balaban J connectivity index is 0.000000209. The average molecular weight is 668 g/mol. The summed E-state index contributed by atoms with van der Waals surface area (Å²) < 4.78 is 13.8. The summed E-state index contributed by atoms with van der Waals surface area (Å²) >= 11 is -0.639. The molecule has 8 nitrogen and oxygen atoms in total. The van der Waals surface area contributed by atoms with Crippen LogP contribution in [0.5, 0.6) is 11.5 Å². The number of hydrogen-bond donors (Lipinski definition) is 0. The van der Waals surface area contributed by atoms with Crippen molar-refractivity contribution in [1.82, 2.24) is 29.5 Å². The predicted molar refractivity (Wildman–Crippen MR) is 126 cm³/mol. The van der Waals surface area contributed by atoms with Crippen molar-refractivity contribution in [1.29, 1.82) is 0 Å². The second-order valence-electron chi connectivity index (χ2n) is 6.84. The van der Waals surface area contributed by atoms with Gasteiger partial charge in [-0.15, -0.1) is 0 Å². The molecule has 0 bridgehead atoms. The van der Waals surface area contributed by atoms with E-state index in [-0.39, 0.29) is 0 Å². The quantitative estimate of drug-likeness (QED) is 0.299. The molecule has 4 aromatic rings. The van der Waals surface area contributed by atoms with Gasteiger partial charge in [-0.1, -0.05) is 0 Å². The summed E-state index contributed by atoms with van der Waals surface area (Å²) in [4.78, 5) is 8.46. The van der Waals surface area contributed by atoms with Crippen molar-refractivity contribution in [2.75, 3.05) is 14.2 Å². The topological polar surface area (TPSA) is 79.9 Å². The number of pyridine rings is 2. The van der Waals surface area contributed by atoms with Crippen molar-refractivity contribution < 1.29 is 24.9 Å². The molecule has 0 saturated carbocycles. The van der Waals surface area contributed by atoms with Gasteiger partial charge in [-0.05, 0) is 51.0 Å². The van der Waals surface area contributed by atoms with Crippen LogP contribution in [0, 0.1) is 27.7 Å². The number of halogens is 2. The standard InChI is InChI=1S/2C11H13N3O.2ClH.Os/c2*1-8-7-14(13-9(8)2)11-6-10(15-3)4-5-12-11;;;/h2*4-7H,1-3H3;2*1H;/q;;;;+2/p-2. The molecule has 0 aromatic carbocycles. The zero-order valence-electron chi connectivity index (χ0n) is 19.2. The molecule has 0 saturated heterocycles. The number of nitrogens with zero attached hydrogens (tertiary/aromatic N) is 6. The molecule has 33 heavy (non-hydrogen) atoms. The van der Waals surface area contributed by atoms with Crippen LogP contribution < -0.4 is 9.47 Å². The van der Waals surface area contributed by atoms with Gasteiger partial charge < -0.3 is 9.47 Å². The first-order valence-corrected chi connectivity index (χ1v) is 16.0. The van der Waals surface area contributed by atoms with Crippen molar-refractivity contribution in [2.24, 2.45) is 0 Å². The van der Waals surface area contributed by atoms with Gasteiger partial charge in [0.2, 0.25) is 0 Å². The average Bonchev–Trinajstić information content (AvgIpc) is 3.35. The van der Waals surface area contributed by atoms with Gasteiger partial charge in [0.1, 0.15) is 11.5 Å². The number of hydrogen-bond acceptors (Lipinski definition) is 6. The van der Waals surface area contributed by atoms with Crippen LogP contribution >= 0.6 is 19.3 Å².